The highest BCUT2D eigenvalue weighted by atomic mass is 14.8. The van der Waals surface area contributed by atoms with Crippen LogP contribution in [0.15, 0.2) is 352 Å². The van der Waals surface area contributed by atoms with Crippen molar-refractivity contribution >= 4 is 109 Å². The summed E-state index contributed by atoms with van der Waals surface area (Å²) in [6.45, 7) is 0. The van der Waals surface area contributed by atoms with Gasteiger partial charge in [-0.2, -0.15) is 0 Å². The van der Waals surface area contributed by atoms with Gasteiger partial charge < -0.3 is 0 Å². The molecule has 0 saturated heterocycles. The molecule has 0 bridgehead atoms. The molecule has 21 rings (SSSR count). The zero-order valence-corrected chi connectivity index (χ0v) is 57.0. The van der Waals surface area contributed by atoms with Gasteiger partial charge in [-0.25, -0.2) is 29.9 Å². The van der Waals surface area contributed by atoms with Crippen molar-refractivity contribution in [3.05, 3.63) is 352 Å². The van der Waals surface area contributed by atoms with Gasteiger partial charge in [-0.1, -0.05) is 206 Å². The minimum Gasteiger partial charge on any atom is -0.256 e. The topological polar surface area (TPSA) is 129 Å². The predicted molar refractivity (Wildman–Crippen MR) is 435 cm³/mol. The molecule has 21 aromatic rings. The van der Waals surface area contributed by atoms with Crippen molar-refractivity contribution < 1.29 is 0 Å². The van der Waals surface area contributed by atoms with Crippen LogP contribution in [0.25, 0.3) is 210 Å². The van der Waals surface area contributed by atoms with Crippen LogP contribution in [0.2, 0.25) is 0 Å². The molecule has 10 nitrogen and oxygen atoms in total. The van der Waals surface area contributed by atoms with Gasteiger partial charge in [0.15, 0.2) is 0 Å². The second-order valence-electron chi connectivity index (χ2n) is 26.8. The average Bonchev–Trinajstić information content (AvgIpc) is 0.776. The fourth-order valence-corrected chi connectivity index (χ4v) is 14.6. The zero-order chi connectivity index (χ0) is 70.0. The Morgan fingerprint density at radius 3 is 0.943 bits per heavy atom. The standard InChI is InChI=1S/C51H31N5.C45H27N5/c1-2-6-32(7-3-1)45-22-16-35-14-15-36-17-23-46(56-51(36)50(35)55-45)34-12-10-33(11-13-34)44-26-20-40-28-37(18-24-47(40)53-44)38-19-25-48-41(29-38)21-27-49(54-48)42-30-39-8-4-5-9-43(39)52-31-42;1-2-6-39-33(4-1)26-36(27-48-39)43-20-15-35-25-32(13-18-42(35)50-43)31-12-17-41-34(24-31)14-19-40(49-41)29-9-7-28(8-10-29)37-21-23-47-45-38(37)16-11-30-5-3-22-46-44(30)45/h1-31H;1-27H. The van der Waals surface area contributed by atoms with Crippen LogP contribution in [0.3, 0.4) is 0 Å². The van der Waals surface area contributed by atoms with Gasteiger partial charge in [0, 0.05) is 112 Å². The number of hydrogen-bond donors (Lipinski definition) is 0. The molecule has 0 radical (unpaired) electrons. The molecule has 0 N–H and O–H groups in total. The Balaban J connectivity index is 0.000000141. The highest BCUT2D eigenvalue weighted by molar-refractivity contribution is 6.09. The summed E-state index contributed by atoms with van der Waals surface area (Å²) in [7, 11) is 0. The highest BCUT2D eigenvalue weighted by Gasteiger charge is 2.16. The molecule has 0 fully saturated rings. The highest BCUT2D eigenvalue weighted by Crippen LogP contribution is 2.37. The zero-order valence-electron chi connectivity index (χ0n) is 57.0. The first kappa shape index (κ1) is 61.4. The predicted octanol–water partition coefficient (Wildman–Crippen LogP) is 23.9. The van der Waals surface area contributed by atoms with Gasteiger partial charge in [0.2, 0.25) is 0 Å². The average molecular weight is 1350 g/mol. The lowest BCUT2D eigenvalue weighted by atomic mass is 9.98. The van der Waals surface area contributed by atoms with E-state index in [2.05, 4.69) is 287 Å². The second-order valence-corrected chi connectivity index (χ2v) is 26.8. The van der Waals surface area contributed by atoms with Gasteiger partial charge in [0.25, 0.3) is 0 Å². The van der Waals surface area contributed by atoms with E-state index in [1.807, 2.05) is 85.5 Å². The van der Waals surface area contributed by atoms with E-state index in [-0.39, 0.29) is 0 Å². The van der Waals surface area contributed by atoms with Crippen molar-refractivity contribution in [3.8, 4) is 101 Å². The number of rotatable bonds is 9. The summed E-state index contributed by atoms with van der Waals surface area (Å²) in [5.74, 6) is 0. The summed E-state index contributed by atoms with van der Waals surface area (Å²) in [6.07, 6.45) is 7.50. The smallest absolute Gasteiger partial charge is 0.0972 e. The van der Waals surface area contributed by atoms with Crippen LogP contribution in [0.5, 0.6) is 0 Å². The SMILES string of the molecule is c1ccc(-c2ccc3ccc4ccc(-c5ccc(-c6ccc7cc(-c8ccc9nc(-c%10cnc%11ccccc%11c%10)ccc9c8)ccc7n6)cc5)nc4c3n2)cc1.c1ccc2ncc(-c3ccc4cc(-c5ccc6nc(-c7ccc(-c8ccnc9c8ccc8cccnc89)cc7)ccc6c5)ccc4n3)cc2c1. The van der Waals surface area contributed by atoms with Gasteiger partial charge in [-0.05, 0) is 155 Å². The van der Waals surface area contributed by atoms with Gasteiger partial charge >= 0.3 is 0 Å². The molecule has 0 aliphatic carbocycles. The summed E-state index contributed by atoms with van der Waals surface area (Å²) >= 11 is 0. The summed E-state index contributed by atoms with van der Waals surface area (Å²) in [5, 5.41) is 10.9. The Kier molecular flexibility index (Phi) is 15.0. The molecule has 0 unspecified atom stereocenters. The van der Waals surface area contributed by atoms with E-state index in [1.165, 1.54) is 0 Å². The van der Waals surface area contributed by atoms with E-state index in [0.29, 0.717) is 0 Å². The van der Waals surface area contributed by atoms with Crippen LogP contribution < -0.4 is 0 Å². The van der Waals surface area contributed by atoms with E-state index in [9.17, 15) is 0 Å². The molecular formula is C96H58N10. The van der Waals surface area contributed by atoms with Crippen molar-refractivity contribution in [2.45, 2.75) is 0 Å². The normalized spacial score (nSPS) is 11.6. The summed E-state index contributed by atoms with van der Waals surface area (Å²) in [4.78, 5) is 48.8. The number of hydrogen-bond acceptors (Lipinski definition) is 10. The Labute approximate surface area is 608 Å². The first-order valence-electron chi connectivity index (χ1n) is 35.4. The van der Waals surface area contributed by atoms with Gasteiger partial charge in [-0.3, -0.25) is 19.9 Å². The van der Waals surface area contributed by atoms with Crippen LogP contribution >= 0.6 is 0 Å². The first-order chi connectivity index (χ1) is 52.4. The molecule has 0 aliphatic heterocycles. The molecule has 106 heavy (non-hydrogen) atoms. The summed E-state index contributed by atoms with van der Waals surface area (Å²) in [5.41, 5.74) is 28.2. The Hall–Kier alpha value is -14.5. The largest absolute Gasteiger partial charge is 0.256 e. The molecule has 0 atom stereocenters. The molecule has 10 aromatic heterocycles. The maximum atomic E-state index is 5.14. The molecule has 0 spiro atoms. The Morgan fingerprint density at radius 2 is 0.481 bits per heavy atom. The number of fused-ring (bicyclic) bond motifs is 12. The molecule has 0 aliphatic rings. The number of nitrogens with zero attached hydrogens (tertiary/aromatic N) is 10. The third kappa shape index (κ3) is 11.5. The second kappa shape index (κ2) is 25.8. The molecule has 10 heterocycles. The van der Waals surface area contributed by atoms with Gasteiger partial charge in [0.05, 0.1) is 89.3 Å². The van der Waals surface area contributed by atoms with E-state index >= 15 is 0 Å². The van der Waals surface area contributed by atoms with E-state index in [1.54, 1.807) is 0 Å². The quantitative estimate of drug-likeness (QED) is 0.129. The number of benzene rings is 11. The molecule has 492 valence electrons. The lowest BCUT2D eigenvalue weighted by Crippen LogP contribution is -1.91. The van der Waals surface area contributed by atoms with Gasteiger partial charge in [-0.15, -0.1) is 0 Å². The lowest BCUT2D eigenvalue weighted by molar-refractivity contribution is 1.35. The fraction of sp³-hybridized carbons (Fsp3) is 0. The van der Waals surface area contributed by atoms with E-state index in [0.717, 1.165) is 210 Å². The molecule has 10 heteroatoms. The lowest BCUT2D eigenvalue weighted by Gasteiger charge is -2.10. The van der Waals surface area contributed by atoms with Crippen molar-refractivity contribution in [1.29, 1.82) is 0 Å². The van der Waals surface area contributed by atoms with Crippen LogP contribution in [-0.4, -0.2) is 49.8 Å². The monoisotopic (exact) mass is 1350 g/mol. The van der Waals surface area contributed by atoms with Gasteiger partial charge in [0.1, 0.15) is 0 Å². The Bertz CT molecular complexity index is 7090. The van der Waals surface area contributed by atoms with Crippen molar-refractivity contribution in [1.82, 2.24) is 49.8 Å². The fourth-order valence-electron chi connectivity index (χ4n) is 14.6. The van der Waals surface area contributed by atoms with Crippen molar-refractivity contribution in [3.63, 3.8) is 0 Å². The third-order valence-electron chi connectivity index (χ3n) is 20.2. The maximum absolute atomic E-state index is 5.14. The molecular weight excluding hydrogens is 1290 g/mol. The van der Waals surface area contributed by atoms with E-state index in [4.69, 9.17) is 29.9 Å². The number of para-hydroxylation sites is 2. The van der Waals surface area contributed by atoms with Crippen LogP contribution in [-0.2, 0) is 0 Å². The number of pyridine rings is 10. The first-order valence-corrected chi connectivity index (χ1v) is 35.4. The van der Waals surface area contributed by atoms with Crippen molar-refractivity contribution in [2.75, 3.05) is 0 Å². The van der Waals surface area contributed by atoms with Crippen LogP contribution in [0, 0.1) is 0 Å². The van der Waals surface area contributed by atoms with E-state index < -0.39 is 0 Å². The molecule has 11 aromatic carbocycles. The minimum absolute atomic E-state index is 0.904. The number of aromatic nitrogens is 10. The maximum Gasteiger partial charge on any atom is 0.0972 e. The third-order valence-corrected chi connectivity index (χ3v) is 20.2. The van der Waals surface area contributed by atoms with Crippen LogP contribution in [0.1, 0.15) is 0 Å². The Morgan fingerprint density at radius 1 is 0.160 bits per heavy atom. The van der Waals surface area contributed by atoms with Crippen molar-refractivity contribution in [2.24, 2.45) is 0 Å². The summed E-state index contributed by atoms with van der Waals surface area (Å²) < 4.78 is 0. The minimum atomic E-state index is 0.904. The van der Waals surface area contributed by atoms with Crippen LogP contribution in [0.4, 0.5) is 0 Å². The molecule has 0 amide bonds. The summed E-state index contributed by atoms with van der Waals surface area (Å²) in [6, 6.07) is 114. The molecule has 0 saturated carbocycles.